The zero-order chi connectivity index (χ0) is 25.3. The predicted molar refractivity (Wildman–Crippen MR) is 120 cm³/mol. The van der Waals surface area contributed by atoms with E-state index in [-0.39, 0.29) is 35.5 Å². The number of hydrogen-bond donors (Lipinski definition) is 2. The van der Waals surface area contributed by atoms with E-state index < -0.39 is 34.7 Å². The van der Waals surface area contributed by atoms with Crippen molar-refractivity contribution in [2.24, 2.45) is 23.5 Å². The number of amides is 2. The number of nitrogens with zero attached hydrogens (tertiary/aromatic N) is 3. The fraction of sp³-hybridized carbons (Fsp3) is 0.417. The summed E-state index contributed by atoms with van der Waals surface area (Å²) >= 11 is 0. The molecule has 1 aromatic carbocycles. The number of aromatic amines is 1. The van der Waals surface area contributed by atoms with Crippen molar-refractivity contribution in [3.63, 3.8) is 0 Å². The van der Waals surface area contributed by atoms with E-state index in [1.54, 1.807) is 21.9 Å². The first-order valence-electron chi connectivity index (χ1n) is 11.2. The average Bonchev–Trinajstić information content (AvgIpc) is 3.29. The van der Waals surface area contributed by atoms with E-state index in [0.717, 1.165) is 12.1 Å². The minimum absolute atomic E-state index is 0.0380. The van der Waals surface area contributed by atoms with Crippen molar-refractivity contribution < 1.29 is 22.8 Å². The number of carbonyl (C=O) groups excluding carboxylic acids is 2. The number of alkyl halides is 3. The second kappa shape index (κ2) is 9.44. The highest BCUT2D eigenvalue weighted by atomic mass is 19.4. The van der Waals surface area contributed by atoms with Gasteiger partial charge in [0, 0.05) is 38.1 Å². The molecule has 0 spiro atoms. The monoisotopic (exact) mass is 487 g/mol. The molecule has 2 amide bonds. The van der Waals surface area contributed by atoms with Crippen molar-refractivity contribution in [1.82, 2.24) is 9.88 Å². The first-order valence-corrected chi connectivity index (χ1v) is 11.2. The van der Waals surface area contributed by atoms with Gasteiger partial charge in [-0.15, -0.1) is 0 Å². The first kappa shape index (κ1) is 24.3. The van der Waals surface area contributed by atoms with Crippen LogP contribution in [0.5, 0.6) is 0 Å². The third kappa shape index (κ3) is 4.87. The highest BCUT2D eigenvalue weighted by Gasteiger charge is 2.43. The molecule has 3 N–H and O–H groups in total. The molecule has 3 heterocycles. The Bertz CT molecular complexity index is 1230. The SMILES string of the molecule is N#Cc1ccc(N2C[C@@H](C(N)=O)[C@H](C3CCN(C(=O)c4ccc[nH]c4=O)CC3)C2)cc1C(F)(F)F. The molecule has 0 radical (unpaired) electrons. The van der Waals surface area contributed by atoms with Gasteiger partial charge in [0.05, 0.1) is 23.1 Å². The van der Waals surface area contributed by atoms with Crippen LogP contribution < -0.4 is 16.2 Å². The molecule has 2 atom stereocenters. The smallest absolute Gasteiger partial charge is 0.370 e. The number of nitrogens with one attached hydrogen (secondary N) is 1. The van der Waals surface area contributed by atoms with Crippen LogP contribution in [0, 0.1) is 29.1 Å². The van der Waals surface area contributed by atoms with Crippen LogP contribution in [0.4, 0.5) is 18.9 Å². The van der Waals surface area contributed by atoms with Gasteiger partial charge >= 0.3 is 6.18 Å². The number of nitriles is 1. The van der Waals surface area contributed by atoms with Gasteiger partial charge in [0.15, 0.2) is 0 Å². The van der Waals surface area contributed by atoms with E-state index in [1.807, 2.05) is 0 Å². The van der Waals surface area contributed by atoms with E-state index in [0.29, 0.717) is 32.5 Å². The van der Waals surface area contributed by atoms with Crippen LogP contribution in [0.15, 0.2) is 41.3 Å². The number of anilines is 1. The van der Waals surface area contributed by atoms with E-state index in [4.69, 9.17) is 11.0 Å². The van der Waals surface area contributed by atoms with Crippen LogP contribution in [0.1, 0.15) is 34.3 Å². The Kier molecular flexibility index (Phi) is 6.56. The summed E-state index contributed by atoms with van der Waals surface area (Å²) in [6.45, 7) is 1.32. The van der Waals surface area contributed by atoms with Gasteiger partial charge in [-0.25, -0.2) is 0 Å². The van der Waals surface area contributed by atoms with Crippen molar-refractivity contribution in [1.29, 1.82) is 5.26 Å². The average molecular weight is 487 g/mol. The lowest BCUT2D eigenvalue weighted by Crippen LogP contribution is -2.43. The zero-order valence-corrected chi connectivity index (χ0v) is 18.7. The molecule has 35 heavy (non-hydrogen) atoms. The van der Waals surface area contributed by atoms with Gasteiger partial charge in [0.25, 0.3) is 11.5 Å². The molecule has 0 saturated carbocycles. The fourth-order valence-electron chi connectivity index (χ4n) is 5.17. The third-order valence-electron chi connectivity index (χ3n) is 7.01. The number of piperidine rings is 1. The minimum atomic E-state index is -4.68. The number of hydrogen-bond acceptors (Lipinski definition) is 5. The number of nitrogens with two attached hydrogens (primary N) is 1. The molecule has 184 valence electrons. The predicted octanol–water partition coefficient (Wildman–Crippen LogP) is 2.36. The van der Waals surface area contributed by atoms with Crippen molar-refractivity contribution >= 4 is 17.5 Å². The Morgan fingerprint density at radius 3 is 2.46 bits per heavy atom. The standard InChI is InChI=1S/C24H24F3N5O3/c25-24(26,27)20-10-16(4-3-15(20)11-28)32-12-18(19(13-32)21(29)33)14-5-8-31(9-6-14)23(35)17-2-1-7-30-22(17)34/h1-4,7,10,14,18-19H,5-6,8-9,12-13H2,(H2,29,33)(H,30,34)/t18-,19+/m0/s1. The number of halogens is 3. The maximum absolute atomic E-state index is 13.4. The molecule has 1 aromatic heterocycles. The number of pyridine rings is 1. The van der Waals surface area contributed by atoms with Crippen LogP contribution in [-0.2, 0) is 11.0 Å². The zero-order valence-electron chi connectivity index (χ0n) is 18.7. The highest BCUT2D eigenvalue weighted by Crippen LogP contribution is 2.40. The van der Waals surface area contributed by atoms with Crippen LogP contribution in [0.25, 0.3) is 0 Å². The van der Waals surface area contributed by atoms with Crippen molar-refractivity contribution in [2.75, 3.05) is 31.1 Å². The highest BCUT2D eigenvalue weighted by molar-refractivity contribution is 5.93. The molecule has 8 nitrogen and oxygen atoms in total. The molecule has 2 aliphatic rings. The molecule has 2 aromatic rings. The molecule has 4 rings (SSSR count). The maximum atomic E-state index is 13.4. The topological polar surface area (TPSA) is 123 Å². The first-order chi connectivity index (χ1) is 16.6. The second-order valence-corrected chi connectivity index (χ2v) is 8.96. The van der Waals surface area contributed by atoms with Crippen LogP contribution in [0.3, 0.4) is 0 Å². The summed E-state index contributed by atoms with van der Waals surface area (Å²) in [5.74, 6) is -1.58. The number of benzene rings is 1. The van der Waals surface area contributed by atoms with Gasteiger partial charge in [0.1, 0.15) is 5.56 Å². The lowest BCUT2D eigenvalue weighted by Gasteiger charge is -2.36. The minimum Gasteiger partial charge on any atom is -0.370 e. The molecule has 2 saturated heterocycles. The lowest BCUT2D eigenvalue weighted by molar-refractivity contribution is -0.137. The Morgan fingerprint density at radius 1 is 1.14 bits per heavy atom. The van der Waals surface area contributed by atoms with E-state index in [9.17, 15) is 27.6 Å². The lowest BCUT2D eigenvalue weighted by atomic mass is 9.78. The number of primary amides is 1. The summed E-state index contributed by atoms with van der Waals surface area (Å²) in [5.41, 5.74) is 4.07. The molecule has 2 fully saturated rings. The Hall–Kier alpha value is -3.81. The molecule has 2 aliphatic heterocycles. The maximum Gasteiger partial charge on any atom is 0.417 e. The second-order valence-electron chi connectivity index (χ2n) is 8.96. The molecule has 0 aliphatic carbocycles. The number of aromatic nitrogens is 1. The quantitative estimate of drug-likeness (QED) is 0.685. The fourth-order valence-corrected chi connectivity index (χ4v) is 5.17. The Labute approximate surface area is 199 Å². The summed E-state index contributed by atoms with van der Waals surface area (Å²) in [4.78, 5) is 42.7. The van der Waals surface area contributed by atoms with Crippen molar-refractivity contribution in [2.45, 2.75) is 19.0 Å². The van der Waals surface area contributed by atoms with Gasteiger partial charge in [-0.2, -0.15) is 18.4 Å². The van der Waals surface area contributed by atoms with E-state index in [2.05, 4.69) is 4.98 Å². The third-order valence-corrected chi connectivity index (χ3v) is 7.01. The van der Waals surface area contributed by atoms with Gasteiger partial charge in [-0.3, -0.25) is 14.4 Å². The number of likely N-dealkylation sites (tertiary alicyclic amines) is 1. The largest absolute Gasteiger partial charge is 0.417 e. The van der Waals surface area contributed by atoms with Gasteiger partial charge < -0.3 is 20.5 Å². The summed E-state index contributed by atoms with van der Waals surface area (Å²) < 4.78 is 40.3. The van der Waals surface area contributed by atoms with Crippen LogP contribution >= 0.6 is 0 Å². The van der Waals surface area contributed by atoms with Crippen LogP contribution in [-0.4, -0.2) is 47.9 Å². The number of carbonyl (C=O) groups is 2. The molecular weight excluding hydrogens is 463 g/mol. The summed E-state index contributed by atoms with van der Waals surface area (Å²) in [7, 11) is 0. The van der Waals surface area contributed by atoms with E-state index in [1.165, 1.54) is 18.3 Å². The van der Waals surface area contributed by atoms with Gasteiger partial charge in [-0.05, 0) is 55.0 Å². The van der Waals surface area contributed by atoms with Gasteiger partial charge in [0.2, 0.25) is 5.91 Å². The Balaban J connectivity index is 1.49. The summed E-state index contributed by atoms with van der Waals surface area (Å²) in [6, 6.07) is 8.15. The number of rotatable bonds is 4. The normalized spacial score (nSPS) is 21.1. The van der Waals surface area contributed by atoms with Crippen molar-refractivity contribution in [3.8, 4) is 6.07 Å². The summed E-state index contributed by atoms with van der Waals surface area (Å²) in [6.07, 6.45) is -2.06. The Morgan fingerprint density at radius 2 is 1.86 bits per heavy atom. The number of H-pyrrole nitrogens is 1. The van der Waals surface area contributed by atoms with Gasteiger partial charge in [-0.1, -0.05) is 0 Å². The van der Waals surface area contributed by atoms with Crippen molar-refractivity contribution in [3.05, 3.63) is 63.6 Å². The molecular formula is C24H24F3N5O3. The molecule has 11 heteroatoms. The van der Waals surface area contributed by atoms with Crippen LogP contribution in [0.2, 0.25) is 0 Å². The molecule has 0 bridgehead atoms. The molecule has 0 unspecified atom stereocenters. The van der Waals surface area contributed by atoms with E-state index >= 15 is 0 Å². The summed E-state index contributed by atoms with van der Waals surface area (Å²) in [5, 5.41) is 9.04.